The van der Waals surface area contributed by atoms with E-state index in [1.807, 2.05) is 42.7 Å². The molecule has 0 radical (unpaired) electrons. The Bertz CT molecular complexity index is 789. The molecule has 1 saturated heterocycles. The summed E-state index contributed by atoms with van der Waals surface area (Å²) in [5.74, 6) is 1.72. The average molecular weight is 355 g/mol. The largest absolute Gasteiger partial charge is 0.460 e. The lowest BCUT2D eigenvalue weighted by molar-refractivity contribution is -0.0767. The third-order valence-electron chi connectivity index (χ3n) is 4.53. The second kappa shape index (κ2) is 7.06. The van der Waals surface area contributed by atoms with Crippen molar-refractivity contribution >= 4 is 29.4 Å². The minimum absolute atomic E-state index is 0.498. The number of nitrogens with zero attached hydrogens (tertiary/aromatic N) is 3. The Morgan fingerprint density at radius 1 is 1.16 bits per heavy atom. The molecule has 0 aliphatic carbocycles. The van der Waals surface area contributed by atoms with Crippen molar-refractivity contribution in [2.75, 3.05) is 31.4 Å². The first-order valence-electron chi connectivity index (χ1n) is 8.47. The maximum atomic E-state index is 6.15. The molecule has 1 aromatic heterocycles. The molecule has 2 aliphatic heterocycles. The number of thioether (sulfide) groups is 1. The number of hydrogen-bond acceptors (Lipinski definition) is 6. The van der Waals surface area contributed by atoms with Crippen molar-refractivity contribution in [1.29, 1.82) is 0 Å². The van der Waals surface area contributed by atoms with Gasteiger partial charge in [-0.1, -0.05) is 42.1 Å². The van der Waals surface area contributed by atoms with Gasteiger partial charge in [-0.2, -0.15) is 0 Å². The van der Waals surface area contributed by atoms with E-state index in [4.69, 9.17) is 19.4 Å². The molecule has 0 N–H and O–H groups in total. The summed E-state index contributed by atoms with van der Waals surface area (Å²) >= 11 is 1.56. The summed E-state index contributed by atoms with van der Waals surface area (Å²) < 4.78 is 11.8. The molecule has 0 amide bonds. The highest BCUT2D eigenvalue weighted by molar-refractivity contribution is 7.98. The lowest BCUT2D eigenvalue weighted by atomic mass is 10.1. The van der Waals surface area contributed by atoms with Gasteiger partial charge in [-0.05, 0) is 19.1 Å². The molecule has 0 saturated carbocycles. The van der Waals surface area contributed by atoms with E-state index in [0.29, 0.717) is 0 Å². The van der Waals surface area contributed by atoms with Crippen LogP contribution in [0.5, 0.6) is 0 Å². The third kappa shape index (κ3) is 3.12. The number of anilines is 1. The van der Waals surface area contributed by atoms with Gasteiger partial charge in [-0.3, -0.25) is 0 Å². The van der Waals surface area contributed by atoms with Crippen LogP contribution in [0.2, 0.25) is 0 Å². The zero-order valence-electron chi connectivity index (χ0n) is 14.4. The van der Waals surface area contributed by atoms with E-state index < -0.39 is 6.29 Å². The molecular weight excluding hydrogens is 334 g/mol. The molecule has 3 heterocycles. The fraction of sp³-hybridized carbons (Fsp3) is 0.368. The molecule has 1 atom stereocenters. The summed E-state index contributed by atoms with van der Waals surface area (Å²) in [4.78, 5) is 11.8. The van der Waals surface area contributed by atoms with Crippen molar-refractivity contribution in [2.45, 2.75) is 24.3 Å². The number of hydrogen-bond donors (Lipinski definition) is 0. The van der Waals surface area contributed by atoms with Crippen LogP contribution in [0.25, 0.3) is 11.8 Å². The van der Waals surface area contributed by atoms with E-state index in [0.717, 1.165) is 46.6 Å². The van der Waals surface area contributed by atoms with E-state index in [1.54, 1.807) is 18.9 Å². The summed E-state index contributed by atoms with van der Waals surface area (Å²) in [5, 5.41) is 0.779. The summed E-state index contributed by atoms with van der Waals surface area (Å²) in [6.07, 6.45) is 5.89. The van der Waals surface area contributed by atoms with Crippen LogP contribution < -0.4 is 4.90 Å². The van der Waals surface area contributed by atoms with Crippen LogP contribution in [0, 0.1) is 0 Å². The van der Waals surface area contributed by atoms with Gasteiger partial charge < -0.3 is 14.4 Å². The topological polar surface area (TPSA) is 47.5 Å². The number of benzene rings is 1. The zero-order valence-corrected chi connectivity index (χ0v) is 15.3. The Morgan fingerprint density at radius 2 is 1.92 bits per heavy atom. The van der Waals surface area contributed by atoms with Gasteiger partial charge in [-0.25, -0.2) is 9.97 Å². The highest BCUT2D eigenvalue weighted by atomic mass is 32.2. The minimum atomic E-state index is -0.498. The molecule has 25 heavy (non-hydrogen) atoms. The van der Waals surface area contributed by atoms with Gasteiger partial charge in [0.15, 0.2) is 5.16 Å². The Labute approximate surface area is 152 Å². The second-order valence-electron chi connectivity index (χ2n) is 6.09. The molecule has 130 valence electrons. The molecule has 1 fully saturated rings. The Balaban J connectivity index is 1.86. The van der Waals surface area contributed by atoms with Gasteiger partial charge in [0, 0.05) is 31.8 Å². The first-order chi connectivity index (χ1) is 12.3. The average Bonchev–Trinajstić information content (AvgIpc) is 3.21. The molecule has 6 heteroatoms. The summed E-state index contributed by atoms with van der Waals surface area (Å²) in [7, 11) is 1.67. The SMILES string of the molecule is COC1OC(c2ccccc2)=Cc2nc(SC)nc(N3CCCC3)c21. The normalized spacial score (nSPS) is 19.4. The van der Waals surface area contributed by atoms with Crippen LogP contribution in [0.3, 0.4) is 0 Å². The van der Waals surface area contributed by atoms with Crippen molar-refractivity contribution in [3.63, 3.8) is 0 Å². The number of methoxy groups -OCH3 is 1. The summed E-state index contributed by atoms with van der Waals surface area (Å²) in [5.41, 5.74) is 2.84. The Kier molecular flexibility index (Phi) is 4.63. The van der Waals surface area contributed by atoms with Crippen molar-refractivity contribution in [3.05, 3.63) is 47.2 Å². The molecule has 4 rings (SSSR count). The second-order valence-corrected chi connectivity index (χ2v) is 6.86. The monoisotopic (exact) mass is 355 g/mol. The van der Waals surface area contributed by atoms with Crippen LogP contribution >= 0.6 is 11.8 Å². The van der Waals surface area contributed by atoms with Crippen molar-refractivity contribution in [2.24, 2.45) is 0 Å². The number of rotatable bonds is 4. The first kappa shape index (κ1) is 16.4. The predicted octanol–water partition coefficient (Wildman–Crippen LogP) is 3.97. The van der Waals surface area contributed by atoms with E-state index >= 15 is 0 Å². The fourth-order valence-corrected chi connectivity index (χ4v) is 3.67. The molecule has 0 bridgehead atoms. The Hall–Kier alpha value is -2.05. The fourth-order valence-electron chi connectivity index (χ4n) is 3.30. The van der Waals surface area contributed by atoms with Crippen molar-refractivity contribution in [1.82, 2.24) is 9.97 Å². The number of fused-ring (bicyclic) bond motifs is 1. The number of aromatic nitrogens is 2. The highest BCUT2D eigenvalue weighted by Crippen LogP contribution is 2.40. The predicted molar refractivity (Wildman–Crippen MR) is 100 cm³/mol. The van der Waals surface area contributed by atoms with Gasteiger partial charge in [0.1, 0.15) is 11.6 Å². The van der Waals surface area contributed by atoms with Gasteiger partial charge in [0.05, 0.1) is 11.3 Å². The van der Waals surface area contributed by atoms with Gasteiger partial charge >= 0.3 is 0 Å². The third-order valence-corrected chi connectivity index (χ3v) is 5.08. The molecule has 2 aromatic rings. The first-order valence-corrected chi connectivity index (χ1v) is 9.70. The zero-order chi connectivity index (χ0) is 17.2. The molecule has 1 unspecified atom stereocenters. The molecule has 5 nitrogen and oxygen atoms in total. The van der Waals surface area contributed by atoms with E-state index in [1.165, 1.54) is 12.8 Å². The van der Waals surface area contributed by atoms with Crippen LogP contribution in [-0.2, 0) is 9.47 Å². The molecule has 1 aromatic carbocycles. The van der Waals surface area contributed by atoms with Gasteiger partial charge in [-0.15, -0.1) is 0 Å². The van der Waals surface area contributed by atoms with Crippen LogP contribution in [0.15, 0.2) is 35.5 Å². The maximum Gasteiger partial charge on any atom is 0.232 e. The van der Waals surface area contributed by atoms with Gasteiger partial charge in [0.2, 0.25) is 6.29 Å². The minimum Gasteiger partial charge on any atom is -0.460 e. The smallest absolute Gasteiger partial charge is 0.232 e. The maximum absolute atomic E-state index is 6.15. The number of ether oxygens (including phenoxy) is 2. The lowest BCUT2D eigenvalue weighted by Crippen LogP contribution is -2.25. The van der Waals surface area contributed by atoms with Crippen molar-refractivity contribution in [3.8, 4) is 0 Å². The van der Waals surface area contributed by atoms with Crippen LogP contribution in [0.1, 0.15) is 36.0 Å². The Morgan fingerprint density at radius 3 is 2.60 bits per heavy atom. The van der Waals surface area contributed by atoms with Crippen molar-refractivity contribution < 1.29 is 9.47 Å². The molecule has 0 spiro atoms. The lowest BCUT2D eigenvalue weighted by Gasteiger charge is -2.30. The van der Waals surface area contributed by atoms with Crippen LogP contribution in [-0.4, -0.2) is 36.4 Å². The van der Waals surface area contributed by atoms with Gasteiger partial charge in [0.25, 0.3) is 0 Å². The summed E-state index contributed by atoms with van der Waals surface area (Å²) in [6, 6.07) is 10.1. The summed E-state index contributed by atoms with van der Waals surface area (Å²) in [6.45, 7) is 2.03. The standard InChI is InChI=1S/C19H21N3O2S/c1-23-18-16-14(12-15(24-18)13-8-4-3-5-9-13)20-19(25-2)21-17(16)22-10-6-7-11-22/h3-5,8-9,12,18H,6-7,10-11H2,1-2H3. The van der Waals surface area contributed by atoms with E-state index in [9.17, 15) is 0 Å². The van der Waals surface area contributed by atoms with Crippen LogP contribution in [0.4, 0.5) is 5.82 Å². The molecular formula is C19H21N3O2S. The van der Waals surface area contributed by atoms with E-state index in [-0.39, 0.29) is 0 Å². The van der Waals surface area contributed by atoms with E-state index in [2.05, 4.69) is 4.90 Å². The highest BCUT2D eigenvalue weighted by Gasteiger charge is 2.31. The molecule has 2 aliphatic rings. The quantitative estimate of drug-likeness (QED) is 0.611.